The molecule has 0 saturated carbocycles. The van der Waals surface area contributed by atoms with Crippen molar-refractivity contribution in [2.75, 3.05) is 5.32 Å². The number of nitrogens with one attached hydrogen (secondary N) is 1. The van der Waals surface area contributed by atoms with E-state index in [9.17, 15) is 48.0 Å². The Bertz CT molecular complexity index is 2190. The predicted octanol–water partition coefficient (Wildman–Crippen LogP) is 6.75. The summed E-state index contributed by atoms with van der Waals surface area (Å²) in [6.07, 6.45) is 0. The summed E-state index contributed by atoms with van der Waals surface area (Å²) in [5, 5.41) is 84.3. The number of carbonyl (C=O) groups is 2. The molecule has 0 aliphatic carbocycles. The third kappa shape index (κ3) is 9.69. The van der Waals surface area contributed by atoms with Crippen molar-refractivity contribution in [3.05, 3.63) is 64.2 Å². The summed E-state index contributed by atoms with van der Waals surface area (Å²) in [4.78, 5) is 32.2. The number of carboxylic acid groups (broad SMARTS) is 1. The van der Waals surface area contributed by atoms with Gasteiger partial charge in [0.15, 0.2) is 11.5 Å². The monoisotopic (exact) mass is 812 g/mol. The van der Waals surface area contributed by atoms with Gasteiger partial charge in [-0.25, -0.2) is 15.3 Å². The maximum Gasteiger partial charge on any atom is 0.338 e. The van der Waals surface area contributed by atoms with E-state index in [1.165, 1.54) is 19.1 Å². The minimum absolute atomic E-state index is 0. The second-order valence-corrected chi connectivity index (χ2v) is 12.1. The molecule has 4 rings (SSSR count). The quantitative estimate of drug-likeness (QED) is 0.0132. The Labute approximate surface area is 301 Å². The van der Waals surface area contributed by atoms with Crippen LogP contribution >= 0.6 is 24.1 Å². The van der Waals surface area contributed by atoms with Gasteiger partial charge in [-0.15, -0.1) is 29.1 Å². The molecule has 0 aliphatic heterocycles. The van der Waals surface area contributed by atoms with E-state index in [4.69, 9.17) is 10.5 Å². The normalized spacial score (nSPS) is 11.6. The molecule has 0 aromatic heterocycles. The van der Waals surface area contributed by atoms with Crippen LogP contribution in [0, 0.1) is 10.1 Å². The van der Waals surface area contributed by atoms with Gasteiger partial charge in [0.05, 0.1) is 49.7 Å². The van der Waals surface area contributed by atoms with Gasteiger partial charge in [0.2, 0.25) is 5.91 Å². The van der Waals surface area contributed by atoms with E-state index >= 15 is 0 Å². The Kier molecular flexibility index (Phi) is 13.8. The van der Waals surface area contributed by atoms with Gasteiger partial charge in [0, 0.05) is 41.2 Å². The number of nitrogens with zero attached hydrogens (tertiary/aromatic N) is 5. The molecular weight excluding hydrogens is 795 g/mol. The first kappa shape index (κ1) is 40.6. The number of phenols is 2. The van der Waals surface area contributed by atoms with Crippen LogP contribution in [0.4, 0.5) is 34.1 Å². The zero-order chi connectivity index (χ0) is 36.7. The van der Waals surface area contributed by atoms with E-state index in [1.54, 1.807) is 0 Å². The van der Waals surface area contributed by atoms with Crippen molar-refractivity contribution in [3.8, 4) is 11.5 Å². The van der Waals surface area contributed by atoms with Crippen molar-refractivity contribution in [2.24, 2.45) is 20.5 Å². The molecule has 0 aliphatic rings. The summed E-state index contributed by atoms with van der Waals surface area (Å²) in [7, 11) is -5.21. The average molecular weight is 813 g/mol. The zero-order valence-electron chi connectivity index (χ0n) is 24.7. The van der Waals surface area contributed by atoms with E-state index in [0.717, 1.165) is 36.4 Å². The Morgan fingerprint density at radius 2 is 1.45 bits per heavy atom. The number of non-ortho nitro benzene ring substituents is 1. The molecule has 0 spiro atoms. The Hall–Kier alpha value is -4.86. The van der Waals surface area contributed by atoms with Crippen molar-refractivity contribution in [1.29, 1.82) is 0 Å². The number of amides is 1. The van der Waals surface area contributed by atoms with Crippen LogP contribution in [0.25, 0.3) is 10.8 Å². The van der Waals surface area contributed by atoms with Crippen molar-refractivity contribution in [3.63, 3.8) is 0 Å². The van der Waals surface area contributed by atoms with Crippen molar-refractivity contribution in [1.82, 2.24) is 0 Å². The Balaban J connectivity index is 0.00000702. The summed E-state index contributed by atoms with van der Waals surface area (Å²) < 4.78 is 43.4. The number of azo groups is 2. The van der Waals surface area contributed by atoms with Gasteiger partial charge in [-0.1, -0.05) is 10.1 Å². The molecule has 0 atom stereocenters. The van der Waals surface area contributed by atoms with Crippen LogP contribution in [-0.4, -0.2) is 55.6 Å². The van der Waals surface area contributed by atoms with Crippen LogP contribution in [0.15, 0.2) is 83.7 Å². The van der Waals surface area contributed by atoms with Gasteiger partial charge in [-0.05, 0) is 41.8 Å². The number of benzene rings is 4. The van der Waals surface area contributed by atoms with E-state index in [2.05, 4.69) is 44.5 Å². The number of nitro benzene ring substituents is 1. The smallest absolute Gasteiger partial charge is 0.338 e. The van der Waals surface area contributed by atoms with Gasteiger partial charge in [0.1, 0.15) is 27.6 Å². The summed E-state index contributed by atoms with van der Waals surface area (Å²) in [6.45, 7) is 1.20. The number of fused-ring (bicyclic) bond motifs is 1. The summed E-state index contributed by atoms with van der Waals surface area (Å²) in [5.41, 5.74) is -2.85. The molecular formula is C25H18N6NiO16S3. The molecule has 272 valence electrons. The predicted molar refractivity (Wildman–Crippen MR) is 168 cm³/mol. The first-order valence-electron chi connectivity index (χ1n) is 12.8. The Morgan fingerprint density at radius 1 is 0.863 bits per heavy atom. The molecule has 0 radical (unpaired) electrons. The fourth-order valence-corrected chi connectivity index (χ4v) is 5.69. The third-order valence-electron chi connectivity index (χ3n) is 6.05. The van der Waals surface area contributed by atoms with E-state index in [-0.39, 0.29) is 72.8 Å². The molecule has 22 nitrogen and oxygen atoms in total. The third-order valence-corrected chi connectivity index (χ3v) is 8.18. The van der Waals surface area contributed by atoms with Gasteiger partial charge in [-0.3, -0.25) is 19.5 Å². The topological polar surface area (TPSA) is 331 Å². The van der Waals surface area contributed by atoms with Crippen LogP contribution in [0.1, 0.15) is 17.3 Å². The maximum atomic E-state index is 12.4. The van der Waals surface area contributed by atoms with E-state index in [1.807, 2.05) is 0 Å². The molecule has 4 aromatic rings. The van der Waals surface area contributed by atoms with E-state index < -0.39 is 71.3 Å². The van der Waals surface area contributed by atoms with Crippen molar-refractivity contribution < 1.29 is 88.6 Å². The SMILES string of the molecule is CC(=O)Nc1ccc(N=Nc2c(SOOO)cc3cc(S(=O)(=O)O)c(N=Nc4ccc([N+](=O)[O-])cc4SOOO)c(O)c3c2O)c(C(=O)O)c1.[Ni]. The van der Waals surface area contributed by atoms with Gasteiger partial charge < -0.3 is 20.6 Å². The standard InChI is InChI=1S/C25H18N6O16S3.Ni/c1-10(32)26-12-2-4-15(14(8-12)25(35)36)27-29-21-18(49-47-45-40)6-11-7-19(50(41,42)43)22(24(34)20(11)23(21)33)30-28-16-5-3-13(31(37)38)9-17(16)48-46-44-39;/h2-9,33-34,39-40H,1H3,(H,26,32)(H,35,36)(H,41,42,43);. The molecule has 7 N–H and O–H groups in total. The van der Waals surface area contributed by atoms with Crippen LogP contribution in [0.2, 0.25) is 0 Å². The van der Waals surface area contributed by atoms with E-state index in [0.29, 0.717) is 0 Å². The van der Waals surface area contributed by atoms with Crippen molar-refractivity contribution >= 4 is 91.0 Å². The van der Waals surface area contributed by atoms with Crippen molar-refractivity contribution in [2.45, 2.75) is 21.6 Å². The maximum absolute atomic E-state index is 12.4. The fourth-order valence-electron chi connectivity index (χ4n) is 4.07. The Morgan fingerprint density at radius 3 is 2.04 bits per heavy atom. The van der Waals surface area contributed by atoms with Gasteiger partial charge in [0.25, 0.3) is 15.8 Å². The van der Waals surface area contributed by atoms with Crippen LogP contribution < -0.4 is 5.32 Å². The molecule has 0 bridgehead atoms. The van der Waals surface area contributed by atoms with Crippen LogP contribution in [0.3, 0.4) is 0 Å². The first-order valence-corrected chi connectivity index (χ1v) is 15.7. The largest absolute Gasteiger partial charge is 0.505 e. The molecule has 0 saturated heterocycles. The summed E-state index contributed by atoms with van der Waals surface area (Å²) in [6, 6.07) is 8.28. The number of phenolic OH excluding ortho intramolecular Hbond substituents is 2. The summed E-state index contributed by atoms with van der Waals surface area (Å²) >= 11 is 0.429. The number of aromatic carboxylic acids is 1. The minimum Gasteiger partial charge on any atom is -0.505 e. The number of carboxylic acids is 1. The molecule has 51 heavy (non-hydrogen) atoms. The zero-order valence-corrected chi connectivity index (χ0v) is 28.1. The minimum atomic E-state index is -5.21. The fraction of sp³-hybridized carbons (Fsp3) is 0.0400. The molecule has 4 aromatic carbocycles. The average Bonchev–Trinajstić information content (AvgIpc) is 3.05. The number of carbonyl (C=O) groups excluding carboxylic acids is 1. The second-order valence-electron chi connectivity index (χ2n) is 9.20. The first-order chi connectivity index (χ1) is 23.7. The number of rotatable bonds is 14. The molecule has 1 amide bonds. The number of aromatic hydroxyl groups is 2. The van der Waals surface area contributed by atoms with Crippen LogP contribution in [0.5, 0.6) is 11.5 Å². The second kappa shape index (κ2) is 17.4. The molecule has 0 fully saturated rings. The number of anilines is 1. The van der Waals surface area contributed by atoms with Crippen LogP contribution in [-0.2, 0) is 50.1 Å². The van der Waals surface area contributed by atoms with Gasteiger partial charge >= 0.3 is 5.97 Å². The number of hydrogen-bond acceptors (Lipinski definition) is 20. The molecule has 0 unspecified atom stereocenters. The molecule has 26 heteroatoms. The number of hydrogen-bond donors (Lipinski definition) is 7. The molecule has 0 heterocycles. The summed E-state index contributed by atoms with van der Waals surface area (Å²) in [5.74, 6) is -4.02. The van der Waals surface area contributed by atoms with Gasteiger partial charge in [-0.2, -0.15) is 8.42 Å². The number of nitro groups is 1.